The average Bonchev–Trinajstić information content (AvgIpc) is 2.61. The maximum absolute atomic E-state index is 12.5. The summed E-state index contributed by atoms with van der Waals surface area (Å²) in [5, 5.41) is 7.29. The van der Waals surface area contributed by atoms with E-state index in [0.29, 0.717) is 0 Å². The van der Waals surface area contributed by atoms with Crippen LogP contribution in [0.5, 0.6) is 0 Å². The first-order valence-corrected chi connectivity index (χ1v) is 9.09. The molecule has 0 bridgehead atoms. The summed E-state index contributed by atoms with van der Waals surface area (Å²) in [6.45, 7) is 3.50. The van der Waals surface area contributed by atoms with Crippen LogP contribution in [0.15, 0.2) is 39.6 Å². The lowest BCUT2D eigenvalue weighted by Crippen LogP contribution is -2.39. The van der Waals surface area contributed by atoms with Gasteiger partial charge in [-0.2, -0.15) is 5.10 Å². The minimum absolute atomic E-state index is 0.00673. The van der Waals surface area contributed by atoms with Gasteiger partial charge in [-0.1, -0.05) is 15.9 Å². The highest BCUT2D eigenvalue weighted by molar-refractivity contribution is 9.10. The molecule has 1 aromatic heterocycles. The smallest absolute Gasteiger partial charge is 0.266 e. The average molecular weight is 405 g/mol. The summed E-state index contributed by atoms with van der Waals surface area (Å²) in [7, 11) is 1.65. The molecule has 0 aliphatic carbocycles. The van der Waals surface area contributed by atoms with Crippen molar-refractivity contribution in [3.8, 4) is 0 Å². The fourth-order valence-electron chi connectivity index (χ4n) is 3.00. The lowest BCUT2D eigenvalue weighted by atomic mass is 9.95. The maximum Gasteiger partial charge on any atom is 0.266 e. The zero-order chi connectivity index (χ0) is 18.0. The quantitative estimate of drug-likeness (QED) is 0.853. The van der Waals surface area contributed by atoms with Crippen molar-refractivity contribution in [3.05, 3.63) is 50.7 Å². The highest BCUT2D eigenvalue weighted by Crippen LogP contribution is 2.24. The lowest BCUT2D eigenvalue weighted by molar-refractivity contribution is -0.120. The van der Waals surface area contributed by atoms with Crippen molar-refractivity contribution in [1.82, 2.24) is 9.78 Å². The van der Waals surface area contributed by atoms with E-state index in [4.69, 9.17) is 0 Å². The molecule has 7 heteroatoms. The van der Waals surface area contributed by atoms with Crippen molar-refractivity contribution in [1.29, 1.82) is 0 Å². The Kier molecular flexibility index (Phi) is 5.22. The summed E-state index contributed by atoms with van der Waals surface area (Å²) in [5.74, 6) is 0.840. The van der Waals surface area contributed by atoms with Crippen LogP contribution >= 0.6 is 15.9 Å². The van der Waals surface area contributed by atoms with Crippen LogP contribution in [0.1, 0.15) is 18.4 Å². The van der Waals surface area contributed by atoms with Gasteiger partial charge in [0.1, 0.15) is 5.82 Å². The number of rotatable bonds is 3. The van der Waals surface area contributed by atoms with E-state index < -0.39 is 0 Å². The second-order valence-electron chi connectivity index (χ2n) is 6.37. The summed E-state index contributed by atoms with van der Waals surface area (Å²) in [6, 6.07) is 9.08. The third kappa shape index (κ3) is 4.10. The van der Waals surface area contributed by atoms with Crippen molar-refractivity contribution in [2.75, 3.05) is 23.3 Å². The number of halogens is 1. The van der Waals surface area contributed by atoms with Crippen molar-refractivity contribution in [2.45, 2.75) is 19.8 Å². The molecule has 6 nitrogen and oxygen atoms in total. The minimum atomic E-state index is -0.122. The molecule has 1 aromatic carbocycles. The number of amides is 1. The fourth-order valence-corrected chi connectivity index (χ4v) is 3.24. The van der Waals surface area contributed by atoms with Gasteiger partial charge in [-0.15, -0.1) is 0 Å². The largest absolute Gasteiger partial charge is 0.355 e. The number of carbonyl (C=O) groups excluding carboxylic acids is 1. The molecule has 0 radical (unpaired) electrons. The Morgan fingerprint density at radius 2 is 1.96 bits per heavy atom. The second-order valence-corrected chi connectivity index (χ2v) is 7.22. The van der Waals surface area contributed by atoms with Crippen LogP contribution in [0.4, 0.5) is 11.5 Å². The monoisotopic (exact) mass is 404 g/mol. The molecule has 25 heavy (non-hydrogen) atoms. The third-order valence-corrected chi connectivity index (χ3v) is 5.45. The zero-order valence-electron chi connectivity index (χ0n) is 14.3. The van der Waals surface area contributed by atoms with Gasteiger partial charge < -0.3 is 10.2 Å². The number of benzene rings is 1. The van der Waals surface area contributed by atoms with E-state index >= 15 is 0 Å². The normalized spacial score (nSPS) is 15.2. The molecule has 1 fully saturated rings. The van der Waals surface area contributed by atoms with Gasteiger partial charge in [0, 0.05) is 42.3 Å². The van der Waals surface area contributed by atoms with Gasteiger partial charge in [0.2, 0.25) is 5.91 Å². The molecule has 1 amide bonds. The van der Waals surface area contributed by atoms with Gasteiger partial charge in [0.25, 0.3) is 5.56 Å². The summed E-state index contributed by atoms with van der Waals surface area (Å²) in [6.07, 6.45) is 1.54. The molecule has 3 rings (SSSR count). The Morgan fingerprint density at radius 3 is 2.60 bits per heavy atom. The number of hydrogen-bond acceptors (Lipinski definition) is 4. The first-order chi connectivity index (χ1) is 11.9. The number of aromatic nitrogens is 2. The van der Waals surface area contributed by atoms with Gasteiger partial charge in [0.05, 0.1) is 0 Å². The third-order valence-electron chi connectivity index (χ3n) is 4.56. The Hall–Kier alpha value is -2.15. The standard InChI is InChI=1S/C18H21BrN4O2/c1-12-11-14(3-4-15(12)19)20-18(25)13-7-9-23(10-8-13)16-5-6-17(24)22(2)21-16/h3-6,11,13H,7-10H2,1-2H3,(H,20,25). The Bertz CT molecular complexity index is 841. The van der Waals surface area contributed by atoms with Crippen molar-refractivity contribution >= 4 is 33.3 Å². The van der Waals surface area contributed by atoms with Crippen molar-refractivity contribution in [2.24, 2.45) is 13.0 Å². The van der Waals surface area contributed by atoms with E-state index in [1.165, 1.54) is 10.7 Å². The molecule has 1 N–H and O–H groups in total. The summed E-state index contributed by atoms with van der Waals surface area (Å²) >= 11 is 3.47. The van der Waals surface area contributed by atoms with E-state index in [0.717, 1.165) is 47.5 Å². The van der Waals surface area contributed by atoms with E-state index in [2.05, 4.69) is 31.2 Å². The van der Waals surface area contributed by atoms with E-state index in [9.17, 15) is 9.59 Å². The number of hydrogen-bond donors (Lipinski definition) is 1. The van der Waals surface area contributed by atoms with E-state index in [1.807, 2.05) is 25.1 Å². The number of nitrogens with one attached hydrogen (secondary N) is 1. The van der Waals surface area contributed by atoms with Gasteiger partial charge >= 0.3 is 0 Å². The Balaban J connectivity index is 1.59. The summed E-state index contributed by atoms with van der Waals surface area (Å²) < 4.78 is 2.37. The Morgan fingerprint density at radius 1 is 1.24 bits per heavy atom. The predicted octanol–water partition coefficient (Wildman–Crippen LogP) is 2.71. The minimum Gasteiger partial charge on any atom is -0.355 e. The van der Waals surface area contributed by atoms with E-state index in [-0.39, 0.29) is 17.4 Å². The lowest BCUT2D eigenvalue weighted by Gasteiger charge is -2.32. The van der Waals surface area contributed by atoms with Crippen LogP contribution in [-0.4, -0.2) is 28.8 Å². The van der Waals surface area contributed by atoms with Crippen LogP contribution in [0, 0.1) is 12.8 Å². The zero-order valence-corrected chi connectivity index (χ0v) is 15.9. The first-order valence-electron chi connectivity index (χ1n) is 8.30. The number of aryl methyl sites for hydroxylation is 2. The van der Waals surface area contributed by atoms with Crippen LogP contribution < -0.4 is 15.8 Å². The number of piperidine rings is 1. The molecule has 1 aliphatic heterocycles. The molecule has 2 aromatic rings. The van der Waals surface area contributed by atoms with Gasteiger partial charge in [-0.3, -0.25) is 9.59 Å². The summed E-state index contributed by atoms with van der Waals surface area (Å²) in [5.41, 5.74) is 1.80. The van der Waals surface area contributed by atoms with Crippen molar-refractivity contribution in [3.63, 3.8) is 0 Å². The van der Waals surface area contributed by atoms with Crippen LogP contribution in [0.25, 0.3) is 0 Å². The number of carbonyl (C=O) groups is 1. The van der Waals surface area contributed by atoms with Crippen molar-refractivity contribution < 1.29 is 4.79 Å². The van der Waals surface area contributed by atoms with Crippen LogP contribution in [0.2, 0.25) is 0 Å². The molecule has 2 heterocycles. The number of anilines is 2. The SMILES string of the molecule is Cc1cc(NC(=O)C2CCN(c3ccc(=O)n(C)n3)CC2)ccc1Br. The molecule has 132 valence electrons. The molecule has 0 spiro atoms. The van der Waals surface area contributed by atoms with Crippen LogP contribution in [-0.2, 0) is 11.8 Å². The molecule has 0 saturated carbocycles. The number of nitrogens with zero attached hydrogens (tertiary/aromatic N) is 3. The predicted molar refractivity (Wildman–Crippen MR) is 102 cm³/mol. The molecule has 1 saturated heterocycles. The van der Waals surface area contributed by atoms with Gasteiger partial charge in [-0.05, 0) is 49.6 Å². The van der Waals surface area contributed by atoms with Gasteiger partial charge in [-0.25, -0.2) is 4.68 Å². The second kappa shape index (κ2) is 7.39. The molecule has 0 atom stereocenters. The maximum atomic E-state index is 12.5. The molecular formula is C18H21BrN4O2. The van der Waals surface area contributed by atoms with Gasteiger partial charge in [0.15, 0.2) is 0 Å². The topological polar surface area (TPSA) is 67.2 Å². The molecule has 0 unspecified atom stereocenters. The first kappa shape index (κ1) is 17.7. The fraction of sp³-hybridized carbons (Fsp3) is 0.389. The van der Waals surface area contributed by atoms with E-state index in [1.54, 1.807) is 13.1 Å². The summed E-state index contributed by atoms with van der Waals surface area (Å²) in [4.78, 5) is 26.1. The van der Waals surface area contributed by atoms with Crippen LogP contribution in [0.3, 0.4) is 0 Å². The molecular weight excluding hydrogens is 384 g/mol. The Labute approximate surface area is 155 Å². The molecule has 1 aliphatic rings. The highest BCUT2D eigenvalue weighted by atomic mass is 79.9. The highest BCUT2D eigenvalue weighted by Gasteiger charge is 2.26.